The minimum absolute atomic E-state index is 0.0753. The van der Waals surface area contributed by atoms with E-state index in [0.717, 1.165) is 25.7 Å². The second-order valence-corrected chi connectivity index (χ2v) is 6.90. The summed E-state index contributed by atoms with van der Waals surface area (Å²) < 4.78 is 26.2. The van der Waals surface area contributed by atoms with E-state index in [9.17, 15) is 8.42 Å². The molecule has 1 aliphatic carbocycles. The molecular weight excluding hydrogens is 274 g/mol. The molecule has 1 heterocycles. The molecule has 0 unspecified atom stereocenters. The summed E-state index contributed by atoms with van der Waals surface area (Å²) in [5, 5.41) is 0.163. The molecule has 0 amide bonds. The number of nitrogens with zero attached hydrogens (tertiary/aromatic N) is 2. The minimum atomic E-state index is -3.53. The molecule has 18 heavy (non-hydrogen) atoms. The maximum atomic E-state index is 12.4. The van der Waals surface area contributed by atoms with Crippen LogP contribution in [0.5, 0.6) is 0 Å². The Kier molecular flexibility index (Phi) is 3.79. The van der Waals surface area contributed by atoms with Gasteiger partial charge in [0, 0.05) is 19.3 Å². The van der Waals surface area contributed by atoms with Gasteiger partial charge in [-0.2, -0.15) is 4.31 Å². The molecule has 100 valence electrons. The first-order valence-electron chi connectivity index (χ1n) is 5.82. The average Bonchev–Trinajstić information content (AvgIpc) is 2.85. The highest BCUT2D eigenvalue weighted by Crippen LogP contribution is 2.28. The highest BCUT2D eigenvalue weighted by Gasteiger charge is 2.30. The van der Waals surface area contributed by atoms with E-state index in [-0.39, 0.29) is 21.8 Å². The van der Waals surface area contributed by atoms with Crippen LogP contribution in [0.3, 0.4) is 0 Å². The van der Waals surface area contributed by atoms with Gasteiger partial charge >= 0.3 is 0 Å². The van der Waals surface area contributed by atoms with Crippen LogP contribution in [0.4, 0.5) is 5.82 Å². The van der Waals surface area contributed by atoms with E-state index in [1.807, 2.05) is 0 Å². The molecule has 1 aliphatic rings. The third-order valence-electron chi connectivity index (χ3n) is 3.36. The fraction of sp³-hybridized carbons (Fsp3) is 0.545. The quantitative estimate of drug-likeness (QED) is 0.922. The molecule has 0 radical (unpaired) electrons. The number of hydrogen-bond acceptors (Lipinski definition) is 4. The van der Waals surface area contributed by atoms with Crippen molar-refractivity contribution in [1.82, 2.24) is 9.29 Å². The fourth-order valence-corrected chi connectivity index (χ4v) is 3.82. The van der Waals surface area contributed by atoms with Gasteiger partial charge in [-0.3, -0.25) is 0 Å². The Morgan fingerprint density at radius 1 is 1.44 bits per heavy atom. The zero-order valence-corrected chi connectivity index (χ0v) is 11.7. The number of sulfonamides is 1. The number of nitrogen functional groups attached to an aromatic ring is 1. The normalized spacial score (nSPS) is 17.5. The van der Waals surface area contributed by atoms with Crippen molar-refractivity contribution in [2.24, 2.45) is 0 Å². The molecule has 0 spiro atoms. The van der Waals surface area contributed by atoms with Gasteiger partial charge in [-0.05, 0) is 18.9 Å². The Balaban J connectivity index is 2.32. The van der Waals surface area contributed by atoms with E-state index in [1.54, 1.807) is 7.05 Å². The first-order valence-corrected chi connectivity index (χ1v) is 7.64. The lowest BCUT2D eigenvalue weighted by molar-refractivity contribution is 0.373. The maximum Gasteiger partial charge on any atom is 0.244 e. The number of rotatable bonds is 3. The third-order valence-corrected chi connectivity index (χ3v) is 5.54. The molecule has 0 aromatic carbocycles. The molecule has 1 aromatic heterocycles. The van der Waals surface area contributed by atoms with Gasteiger partial charge in [-0.25, -0.2) is 13.4 Å². The predicted molar refractivity (Wildman–Crippen MR) is 70.9 cm³/mol. The molecule has 1 fully saturated rings. The van der Waals surface area contributed by atoms with Crippen molar-refractivity contribution in [2.75, 3.05) is 12.8 Å². The summed E-state index contributed by atoms with van der Waals surface area (Å²) in [5.41, 5.74) is 5.48. The summed E-state index contributed by atoms with van der Waals surface area (Å²) in [5.74, 6) is 0.138. The van der Waals surface area contributed by atoms with E-state index in [1.165, 1.54) is 16.6 Å². The van der Waals surface area contributed by atoms with Crippen LogP contribution in [0.2, 0.25) is 5.02 Å². The lowest BCUT2D eigenvalue weighted by Gasteiger charge is -2.23. The van der Waals surface area contributed by atoms with E-state index >= 15 is 0 Å². The Morgan fingerprint density at radius 3 is 2.61 bits per heavy atom. The summed E-state index contributed by atoms with van der Waals surface area (Å²) in [6, 6.07) is 1.43. The van der Waals surface area contributed by atoms with Crippen LogP contribution in [-0.2, 0) is 10.0 Å². The van der Waals surface area contributed by atoms with Gasteiger partial charge in [0.25, 0.3) is 0 Å². The van der Waals surface area contributed by atoms with Crippen molar-refractivity contribution in [3.8, 4) is 0 Å². The number of aromatic nitrogens is 1. The highest BCUT2D eigenvalue weighted by molar-refractivity contribution is 7.89. The number of halogens is 1. The van der Waals surface area contributed by atoms with Crippen molar-refractivity contribution in [3.05, 3.63) is 17.3 Å². The van der Waals surface area contributed by atoms with E-state index in [0.29, 0.717) is 0 Å². The largest absolute Gasteiger partial charge is 0.382 e. The van der Waals surface area contributed by atoms with Crippen molar-refractivity contribution in [3.63, 3.8) is 0 Å². The van der Waals surface area contributed by atoms with Gasteiger partial charge in [0.1, 0.15) is 10.7 Å². The van der Waals surface area contributed by atoms with Gasteiger partial charge in [0.15, 0.2) is 0 Å². The van der Waals surface area contributed by atoms with Crippen LogP contribution in [0.15, 0.2) is 17.2 Å². The highest BCUT2D eigenvalue weighted by atomic mass is 35.5. The smallest absolute Gasteiger partial charge is 0.244 e. The standard InChI is InChI=1S/C11H16ClN3O2S/c1-15(8-4-2-3-5-8)18(16,17)9-6-10(12)11(13)14-7-9/h6-8H,2-5H2,1H3,(H2,13,14). The molecule has 0 saturated heterocycles. The van der Waals surface area contributed by atoms with Crippen LogP contribution >= 0.6 is 11.6 Å². The van der Waals surface area contributed by atoms with Crippen LogP contribution < -0.4 is 5.73 Å². The number of nitrogens with two attached hydrogens (primary N) is 1. The van der Waals surface area contributed by atoms with Crippen molar-refractivity contribution >= 4 is 27.4 Å². The number of pyridine rings is 1. The van der Waals surface area contributed by atoms with Crippen molar-refractivity contribution < 1.29 is 8.42 Å². The van der Waals surface area contributed by atoms with E-state index in [4.69, 9.17) is 17.3 Å². The molecule has 0 aliphatic heterocycles. The van der Waals surface area contributed by atoms with Crippen LogP contribution in [0.1, 0.15) is 25.7 Å². The Hall–Kier alpha value is -0.850. The van der Waals surface area contributed by atoms with Gasteiger partial charge in [0.2, 0.25) is 10.0 Å². The van der Waals surface area contributed by atoms with E-state index < -0.39 is 10.0 Å². The van der Waals surface area contributed by atoms with Gasteiger partial charge < -0.3 is 5.73 Å². The van der Waals surface area contributed by atoms with Gasteiger partial charge in [0.05, 0.1) is 5.02 Å². The van der Waals surface area contributed by atoms with E-state index in [2.05, 4.69) is 4.98 Å². The average molecular weight is 290 g/mol. The number of hydrogen-bond donors (Lipinski definition) is 1. The lowest BCUT2D eigenvalue weighted by atomic mass is 10.3. The third kappa shape index (κ3) is 2.46. The van der Waals surface area contributed by atoms with Crippen molar-refractivity contribution in [2.45, 2.75) is 36.6 Å². The molecule has 7 heteroatoms. The zero-order chi connectivity index (χ0) is 13.3. The molecular formula is C11H16ClN3O2S. The first-order chi connectivity index (χ1) is 8.43. The SMILES string of the molecule is CN(C1CCCC1)S(=O)(=O)c1cnc(N)c(Cl)c1. The molecule has 2 rings (SSSR count). The molecule has 5 nitrogen and oxygen atoms in total. The van der Waals surface area contributed by atoms with Gasteiger partial charge in [-0.1, -0.05) is 24.4 Å². The second kappa shape index (κ2) is 5.03. The maximum absolute atomic E-state index is 12.4. The zero-order valence-electron chi connectivity index (χ0n) is 10.1. The fourth-order valence-electron chi connectivity index (χ4n) is 2.20. The number of anilines is 1. The Morgan fingerprint density at radius 2 is 2.06 bits per heavy atom. The summed E-state index contributed by atoms with van der Waals surface area (Å²) in [6.07, 6.45) is 5.22. The Bertz CT molecular complexity index is 541. The topological polar surface area (TPSA) is 76.3 Å². The predicted octanol–water partition coefficient (Wildman–Crippen LogP) is 1.88. The minimum Gasteiger partial charge on any atom is -0.382 e. The van der Waals surface area contributed by atoms with Crippen molar-refractivity contribution in [1.29, 1.82) is 0 Å². The lowest BCUT2D eigenvalue weighted by Crippen LogP contribution is -2.35. The van der Waals surface area contributed by atoms with Gasteiger partial charge in [-0.15, -0.1) is 0 Å². The van der Waals surface area contributed by atoms with Crippen LogP contribution in [-0.4, -0.2) is 30.8 Å². The summed E-state index contributed by atoms with van der Waals surface area (Å²) >= 11 is 5.81. The molecule has 0 atom stereocenters. The summed E-state index contributed by atoms with van der Waals surface area (Å²) in [4.78, 5) is 3.89. The molecule has 1 aromatic rings. The first kappa shape index (κ1) is 13.6. The Labute approximate surface area is 112 Å². The molecule has 1 saturated carbocycles. The second-order valence-electron chi connectivity index (χ2n) is 4.50. The summed E-state index contributed by atoms with van der Waals surface area (Å²) in [6.45, 7) is 0. The molecule has 2 N–H and O–H groups in total. The monoisotopic (exact) mass is 289 g/mol. The van der Waals surface area contributed by atoms with Crippen LogP contribution in [0.25, 0.3) is 0 Å². The van der Waals surface area contributed by atoms with Crippen LogP contribution in [0, 0.1) is 0 Å². The summed E-state index contributed by atoms with van der Waals surface area (Å²) in [7, 11) is -1.92. The molecule has 0 bridgehead atoms.